The second-order valence-corrected chi connectivity index (χ2v) is 5.69. The minimum absolute atomic E-state index is 0.105. The second-order valence-electron chi connectivity index (χ2n) is 5.69. The molecule has 0 atom stereocenters. The van der Waals surface area contributed by atoms with Gasteiger partial charge in [0.2, 0.25) is 0 Å². The molecule has 0 unspecified atom stereocenters. The predicted molar refractivity (Wildman–Crippen MR) is 84.5 cm³/mol. The summed E-state index contributed by atoms with van der Waals surface area (Å²) in [5.41, 5.74) is 2.48. The van der Waals surface area contributed by atoms with Crippen molar-refractivity contribution in [3.05, 3.63) is 41.6 Å². The Morgan fingerprint density at radius 3 is 2.71 bits per heavy atom. The van der Waals surface area contributed by atoms with E-state index in [0.717, 1.165) is 48.1 Å². The number of aryl methyl sites for hydroxylation is 1. The Bertz CT molecular complexity index is 660. The molecule has 0 bridgehead atoms. The zero-order valence-corrected chi connectivity index (χ0v) is 12.6. The van der Waals surface area contributed by atoms with E-state index in [9.17, 15) is 4.79 Å². The average molecular weight is 283 g/mol. The molecule has 0 aliphatic carbocycles. The van der Waals surface area contributed by atoms with Gasteiger partial charge in [-0.2, -0.15) is 0 Å². The first kappa shape index (κ1) is 14.0. The van der Waals surface area contributed by atoms with Crippen LogP contribution in [0.5, 0.6) is 0 Å². The summed E-state index contributed by atoms with van der Waals surface area (Å²) in [6.07, 6.45) is 2.03. The van der Waals surface area contributed by atoms with Gasteiger partial charge >= 0.3 is 0 Å². The number of nitrogens with zero attached hydrogens (tertiary/aromatic N) is 2. The van der Waals surface area contributed by atoms with Crippen LogP contribution in [0.25, 0.3) is 10.9 Å². The third-order valence-electron chi connectivity index (χ3n) is 4.28. The standard InChI is InChI=1S/C17H21N3O/c1-12-6-7-13-4-3-5-15(16(13)19-12)17(21)20-10-8-14(18-2)9-11-20/h3-7,14,18H,8-11H2,1-2H3. The van der Waals surface area contributed by atoms with E-state index in [4.69, 9.17) is 0 Å². The first-order chi connectivity index (χ1) is 10.2. The number of nitrogens with one attached hydrogen (secondary N) is 1. The lowest BCUT2D eigenvalue weighted by atomic mass is 10.0. The lowest BCUT2D eigenvalue weighted by Gasteiger charge is -2.32. The third-order valence-corrected chi connectivity index (χ3v) is 4.28. The van der Waals surface area contributed by atoms with Crippen LogP contribution in [0.2, 0.25) is 0 Å². The number of likely N-dealkylation sites (tertiary alicyclic amines) is 1. The van der Waals surface area contributed by atoms with Gasteiger partial charge in [-0.1, -0.05) is 18.2 Å². The highest BCUT2D eigenvalue weighted by Crippen LogP contribution is 2.21. The van der Waals surface area contributed by atoms with Crippen molar-refractivity contribution in [1.82, 2.24) is 15.2 Å². The highest BCUT2D eigenvalue weighted by atomic mass is 16.2. The molecule has 1 aromatic carbocycles. The van der Waals surface area contributed by atoms with Gasteiger partial charge in [-0.25, -0.2) is 0 Å². The van der Waals surface area contributed by atoms with E-state index >= 15 is 0 Å². The summed E-state index contributed by atoms with van der Waals surface area (Å²) in [5.74, 6) is 0.105. The van der Waals surface area contributed by atoms with E-state index in [2.05, 4.69) is 10.3 Å². The average Bonchev–Trinajstić information content (AvgIpc) is 2.53. The van der Waals surface area contributed by atoms with E-state index < -0.39 is 0 Å². The number of piperidine rings is 1. The maximum absolute atomic E-state index is 12.8. The Kier molecular flexibility index (Phi) is 3.88. The maximum Gasteiger partial charge on any atom is 0.256 e. The first-order valence-electron chi connectivity index (χ1n) is 7.52. The zero-order chi connectivity index (χ0) is 14.8. The number of carbonyl (C=O) groups is 1. The Hall–Kier alpha value is -1.94. The first-order valence-corrected chi connectivity index (χ1v) is 7.52. The van der Waals surface area contributed by atoms with Crippen LogP contribution < -0.4 is 5.32 Å². The fraction of sp³-hybridized carbons (Fsp3) is 0.412. The molecule has 1 saturated heterocycles. The molecular formula is C17H21N3O. The van der Waals surface area contributed by atoms with Crippen molar-refractivity contribution in [2.24, 2.45) is 0 Å². The molecule has 0 radical (unpaired) electrons. The number of hydrogen-bond acceptors (Lipinski definition) is 3. The van der Waals surface area contributed by atoms with Gasteiger partial charge in [0.15, 0.2) is 0 Å². The molecule has 2 heterocycles. The fourth-order valence-corrected chi connectivity index (χ4v) is 2.96. The molecule has 1 amide bonds. The van der Waals surface area contributed by atoms with E-state index in [0.29, 0.717) is 6.04 Å². The predicted octanol–water partition coefficient (Wildman–Crippen LogP) is 2.37. The number of benzene rings is 1. The molecule has 1 aromatic heterocycles. The largest absolute Gasteiger partial charge is 0.338 e. The van der Waals surface area contributed by atoms with E-state index in [1.807, 2.05) is 49.2 Å². The van der Waals surface area contributed by atoms with Crippen molar-refractivity contribution in [3.8, 4) is 0 Å². The Morgan fingerprint density at radius 1 is 1.24 bits per heavy atom. The van der Waals surface area contributed by atoms with Crippen LogP contribution in [0, 0.1) is 6.92 Å². The molecule has 1 fully saturated rings. The summed E-state index contributed by atoms with van der Waals surface area (Å²) in [5, 5.41) is 4.31. The van der Waals surface area contributed by atoms with E-state index in [1.54, 1.807) is 0 Å². The molecule has 1 N–H and O–H groups in total. The molecule has 4 nitrogen and oxygen atoms in total. The number of aromatic nitrogens is 1. The smallest absolute Gasteiger partial charge is 0.256 e. The lowest BCUT2D eigenvalue weighted by Crippen LogP contribution is -2.44. The summed E-state index contributed by atoms with van der Waals surface area (Å²) in [7, 11) is 1.99. The summed E-state index contributed by atoms with van der Waals surface area (Å²) in [6, 6.07) is 10.4. The maximum atomic E-state index is 12.8. The van der Waals surface area contributed by atoms with Crippen molar-refractivity contribution >= 4 is 16.8 Å². The van der Waals surface area contributed by atoms with Gasteiger partial charge in [0.1, 0.15) is 0 Å². The zero-order valence-electron chi connectivity index (χ0n) is 12.6. The Labute approximate surface area is 125 Å². The van der Waals surface area contributed by atoms with Gasteiger partial charge in [-0.3, -0.25) is 9.78 Å². The van der Waals surface area contributed by atoms with Crippen LogP contribution in [-0.4, -0.2) is 42.0 Å². The van der Waals surface area contributed by atoms with Gasteiger partial charge in [-0.05, 0) is 38.9 Å². The van der Waals surface area contributed by atoms with Crippen LogP contribution in [0.15, 0.2) is 30.3 Å². The number of carbonyl (C=O) groups excluding carboxylic acids is 1. The number of para-hydroxylation sites is 1. The molecule has 3 rings (SSSR count). The summed E-state index contributed by atoms with van der Waals surface area (Å²) in [6.45, 7) is 3.58. The van der Waals surface area contributed by atoms with Crippen LogP contribution in [0.3, 0.4) is 0 Å². The Balaban J connectivity index is 1.90. The van der Waals surface area contributed by atoms with Gasteiger partial charge in [-0.15, -0.1) is 0 Å². The van der Waals surface area contributed by atoms with Crippen molar-refractivity contribution in [1.29, 1.82) is 0 Å². The molecule has 110 valence electrons. The SMILES string of the molecule is CNC1CCN(C(=O)c2cccc3ccc(C)nc23)CC1. The Morgan fingerprint density at radius 2 is 2.00 bits per heavy atom. The van der Waals surface area contributed by atoms with Crippen molar-refractivity contribution in [3.63, 3.8) is 0 Å². The minimum Gasteiger partial charge on any atom is -0.338 e. The topological polar surface area (TPSA) is 45.2 Å². The van der Waals surface area contributed by atoms with Crippen molar-refractivity contribution < 1.29 is 4.79 Å². The monoisotopic (exact) mass is 283 g/mol. The molecular weight excluding hydrogens is 262 g/mol. The van der Waals surface area contributed by atoms with Crippen LogP contribution in [0.1, 0.15) is 28.9 Å². The fourth-order valence-electron chi connectivity index (χ4n) is 2.96. The van der Waals surface area contributed by atoms with Crippen molar-refractivity contribution in [2.45, 2.75) is 25.8 Å². The molecule has 2 aromatic rings. The quantitative estimate of drug-likeness (QED) is 0.920. The highest BCUT2D eigenvalue weighted by Gasteiger charge is 2.24. The van der Waals surface area contributed by atoms with E-state index in [1.165, 1.54) is 0 Å². The van der Waals surface area contributed by atoms with Gasteiger partial charge < -0.3 is 10.2 Å². The minimum atomic E-state index is 0.105. The number of hydrogen-bond donors (Lipinski definition) is 1. The number of rotatable bonds is 2. The molecule has 21 heavy (non-hydrogen) atoms. The van der Waals surface area contributed by atoms with Gasteiger partial charge in [0.05, 0.1) is 11.1 Å². The van der Waals surface area contributed by atoms with Gasteiger partial charge in [0.25, 0.3) is 5.91 Å². The normalized spacial score (nSPS) is 16.4. The van der Waals surface area contributed by atoms with Gasteiger partial charge in [0, 0.05) is 30.2 Å². The number of amides is 1. The summed E-state index contributed by atoms with van der Waals surface area (Å²) >= 11 is 0. The summed E-state index contributed by atoms with van der Waals surface area (Å²) < 4.78 is 0. The van der Waals surface area contributed by atoms with Crippen molar-refractivity contribution in [2.75, 3.05) is 20.1 Å². The molecule has 1 aliphatic heterocycles. The molecule has 0 spiro atoms. The van der Waals surface area contributed by atoms with Crippen LogP contribution in [0.4, 0.5) is 0 Å². The lowest BCUT2D eigenvalue weighted by molar-refractivity contribution is 0.0709. The number of pyridine rings is 1. The molecule has 0 saturated carbocycles. The summed E-state index contributed by atoms with van der Waals surface area (Å²) in [4.78, 5) is 19.3. The second kappa shape index (κ2) is 5.82. The molecule has 4 heteroatoms. The number of fused-ring (bicyclic) bond motifs is 1. The highest BCUT2D eigenvalue weighted by molar-refractivity contribution is 6.05. The van der Waals surface area contributed by atoms with Crippen LogP contribution >= 0.6 is 0 Å². The molecule has 1 aliphatic rings. The van der Waals surface area contributed by atoms with E-state index in [-0.39, 0.29) is 5.91 Å². The van der Waals surface area contributed by atoms with Crippen LogP contribution in [-0.2, 0) is 0 Å². The third kappa shape index (κ3) is 2.76.